The van der Waals surface area contributed by atoms with Crippen molar-refractivity contribution in [2.24, 2.45) is 0 Å². The van der Waals surface area contributed by atoms with Crippen molar-refractivity contribution in [3.05, 3.63) is 57.9 Å². The van der Waals surface area contributed by atoms with Crippen LogP contribution in [0, 0.1) is 6.92 Å². The van der Waals surface area contributed by atoms with Crippen LogP contribution >= 0.6 is 0 Å². The number of amides is 1. The third-order valence-electron chi connectivity index (χ3n) is 5.01. The molecule has 0 unspecified atom stereocenters. The molecule has 0 saturated heterocycles. The molecular weight excluding hydrogens is 428 g/mol. The second-order valence-electron chi connectivity index (χ2n) is 7.16. The predicted octanol–water partition coefficient (Wildman–Crippen LogP) is 2.30. The summed E-state index contributed by atoms with van der Waals surface area (Å²) in [7, 11) is 3.09. The lowest BCUT2D eigenvalue weighted by molar-refractivity contribution is 0.102. The minimum atomic E-state index is -0.550. The molecule has 0 spiro atoms. The molecule has 4 rings (SSSR count). The molecule has 3 N–H and O–H groups in total. The molecule has 0 aliphatic rings. The maximum atomic E-state index is 13.0. The quantitative estimate of drug-likeness (QED) is 0.347. The Kier molecular flexibility index (Phi) is 6.31. The normalized spacial score (nSPS) is 10.9. The van der Waals surface area contributed by atoms with Crippen molar-refractivity contribution in [1.82, 2.24) is 25.6 Å². The number of rotatable bonds is 8. The Balaban J connectivity index is 1.65. The number of aryl methyl sites for hydroxylation is 1. The van der Waals surface area contributed by atoms with Gasteiger partial charge in [0.1, 0.15) is 12.2 Å². The first-order valence-electron chi connectivity index (χ1n) is 10.0. The Morgan fingerprint density at radius 1 is 1.09 bits per heavy atom. The minimum absolute atomic E-state index is 0.0398. The van der Waals surface area contributed by atoms with E-state index < -0.39 is 11.5 Å². The summed E-state index contributed by atoms with van der Waals surface area (Å²) < 4.78 is 16.0. The van der Waals surface area contributed by atoms with Crippen LogP contribution in [-0.4, -0.2) is 58.9 Å². The van der Waals surface area contributed by atoms with Crippen LogP contribution in [0.2, 0.25) is 0 Å². The van der Waals surface area contributed by atoms with Gasteiger partial charge in [0.25, 0.3) is 11.5 Å². The molecule has 2 aromatic carbocycles. The zero-order valence-electron chi connectivity index (χ0n) is 18.3. The summed E-state index contributed by atoms with van der Waals surface area (Å²) in [6.45, 7) is 2.58. The van der Waals surface area contributed by atoms with Gasteiger partial charge in [-0.25, -0.2) is 0 Å². The van der Waals surface area contributed by atoms with Crippen LogP contribution in [0.25, 0.3) is 22.3 Å². The summed E-state index contributed by atoms with van der Waals surface area (Å²) in [4.78, 5) is 28.4. The van der Waals surface area contributed by atoms with Gasteiger partial charge in [0.05, 0.1) is 19.2 Å². The molecule has 1 amide bonds. The number of carbonyl (C=O) groups is 1. The van der Waals surface area contributed by atoms with E-state index in [4.69, 9.17) is 14.2 Å². The van der Waals surface area contributed by atoms with Crippen molar-refractivity contribution >= 4 is 22.5 Å². The molecule has 33 heavy (non-hydrogen) atoms. The Bertz CT molecular complexity index is 1350. The van der Waals surface area contributed by atoms with Crippen molar-refractivity contribution in [3.8, 4) is 22.9 Å². The van der Waals surface area contributed by atoms with Gasteiger partial charge in [0.15, 0.2) is 11.5 Å². The zero-order valence-corrected chi connectivity index (χ0v) is 18.3. The van der Waals surface area contributed by atoms with E-state index >= 15 is 0 Å². The number of H-pyrrole nitrogens is 2. The van der Waals surface area contributed by atoms with Crippen molar-refractivity contribution in [2.75, 3.05) is 32.8 Å². The first-order chi connectivity index (χ1) is 16.0. The number of hydrogen-bond donors (Lipinski definition) is 3. The predicted molar refractivity (Wildman–Crippen MR) is 121 cm³/mol. The summed E-state index contributed by atoms with van der Waals surface area (Å²) in [5.74, 6) is 0.778. The average molecular weight is 450 g/mol. The third-order valence-corrected chi connectivity index (χ3v) is 5.01. The molecular formula is C22H22N6O5. The van der Waals surface area contributed by atoms with Gasteiger partial charge in [-0.05, 0) is 35.9 Å². The Labute approximate surface area is 188 Å². The molecule has 11 nitrogen and oxygen atoms in total. The highest BCUT2D eigenvalue weighted by Gasteiger charge is 2.16. The van der Waals surface area contributed by atoms with Gasteiger partial charge in [0, 0.05) is 29.8 Å². The van der Waals surface area contributed by atoms with Crippen LogP contribution in [-0.2, 0) is 4.74 Å². The van der Waals surface area contributed by atoms with Crippen molar-refractivity contribution in [1.29, 1.82) is 0 Å². The number of nitrogens with one attached hydrogen (secondary N) is 3. The summed E-state index contributed by atoms with van der Waals surface area (Å²) in [5.41, 5.74) is 1.96. The number of carbonyl (C=O) groups excluding carboxylic acids is 1. The second-order valence-corrected chi connectivity index (χ2v) is 7.16. The van der Waals surface area contributed by atoms with Gasteiger partial charge in [-0.15, -0.1) is 10.2 Å². The van der Waals surface area contributed by atoms with Crippen LogP contribution in [0.4, 0.5) is 5.69 Å². The number of pyridine rings is 1. The lowest BCUT2D eigenvalue weighted by Crippen LogP contribution is -2.23. The highest BCUT2D eigenvalue weighted by Crippen LogP contribution is 2.31. The number of hydrogen-bond acceptors (Lipinski definition) is 8. The molecule has 0 radical (unpaired) electrons. The monoisotopic (exact) mass is 450 g/mol. The first-order valence-corrected chi connectivity index (χ1v) is 10.0. The largest absolute Gasteiger partial charge is 0.493 e. The number of tetrazole rings is 1. The molecule has 0 saturated carbocycles. The van der Waals surface area contributed by atoms with Gasteiger partial charge in [-0.2, -0.15) is 5.21 Å². The molecule has 0 bridgehead atoms. The van der Waals surface area contributed by atoms with Gasteiger partial charge in [-0.3, -0.25) is 9.59 Å². The van der Waals surface area contributed by atoms with E-state index in [0.29, 0.717) is 52.7 Å². The fourth-order valence-electron chi connectivity index (χ4n) is 3.26. The van der Waals surface area contributed by atoms with E-state index in [-0.39, 0.29) is 5.56 Å². The smallest absolute Gasteiger partial charge is 0.261 e. The van der Waals surface area contributed by atoms with Gasteiger partial charge in [-0.1, -0.05) is 12.1 Å². The van der Waals surface area contributed by atoms with Gasteiger partial charge in [0.2, 0.25) is 5.82 Å². The third kappa shape index (κ3) is 4.67. The number of anilines is 1. The van der Waals surface area contributed by atoms with Crippen LogP contribution in [0.3, 0.4) is 0 Å². The number of aromatic nitrogens is 5. The SMILES string of the molecule is COCCOc1cc2[nH]c(=O)c(C(=O)Nc3cc(-c4nn[nH]n4)ccc3C)cc2cc1OC. The van der Waals surface area contributed by atoms with Gasteiger partial charge >= 0.3 is 0 Å². The molecule has 4 aromatic rings. The van der Waals surface area contributed by atoms with Crippen molar-refractivity contribution in [3.63, 3.8) is 0 Å². The molecule has 2 aromatic heterocycles. The van der Waals surface area contributed by atoms with Crippen molar-refractivity contribution < 1.29 is 19.0 Å². The van der Waals surface area contributed by atoms with Crippen LogP contribution in [0.1, 0.15) is 15.9 Å². The number of methoxy groups -OCH3 is 2. The first kappa shape index (κ1) is 22.0. The van der Waals surface area contributed by atoms with Crippen molar-refractivity contribution in [2.45, 2.75) is 6.92 Å². The number of fused-ring (bicyclic) bond motifs is 1. The van der Waals surface area contributed by atoms with E-state index in [9.17, 15) is 9.59 Å². The summed E-state index contributed by atoms with van der Waals surface area (Å²) in [6.07, 6.45) is 0. The lowest BCUT2D eigenvalue weighted by Gasteiger charge is -2.13. The molecule has 170 valence electrons. The van der Waals surface area contributed by atoms with E-state index in [1.54, 1.807) is 25.3 Å². The van der Waals surface area contributed by atoms with Crippen LogP contribution in [0.5, 0.6) is 11.5 Å². The zero-order chi connectivity index (χ0) is 23.4. The minimum Gasteiger partial charge on any atom is -0.493 e. The Hall–Kier alpha value is -4.25. The van der Waals surface area contributed by atoms with Crippen LogP contribution < -0.4 is 20.3 Å². The molecule has 2 heterocycles. The number of aromatic amines is 2. The Morgan fingerprint density at radius 2 is 1.94 bits per heavy atom. The molecule has 0 aliphatic carbocycles. The lowest BCUT2D eigenvalue weighted by atomic mass is 10.1. The maximum absolute atomic E-state index is 13.0. The topological polar surface area (TPSA) is 144 Å². The molecule has 0 fully saturated rings. The summed E-state index contributed by atoms with van der Waals surface area (Å²) in [5, 5.41) is 17.2. The summed E-state index contributed by atoms with van der Waals surface area (Å²) in [6, 6.07) is 10.2. The molecule has 11 heteroatoms. The summed E-state index contributed by atoms with van der Waals surface area (Å²) >= 11 is 0. The number of benzene rings is 2. The average Bonchev–Trinajstić information content (AvgIpc) is 3.35. The molecule has 0 atom stereocenters. The van der Waals surface area contributed by atoms with E-state index in [1.807, 2.05) is 19.1 Å². The van der Waals surface area contributed by atoms with Gasteiger partial charge < -0.3 is 24.5 Å². The fraction of sp³-hybridized carbons (Fsp3) is 0.227. The fourth-order valence-corrected chi connectivity index (χ4v) is 3.26. The van der Waals surface area contributed by atoms with E-state index in [2.05, 4.69) is 30.9 Å². The maximum Gasteiger partial charge on any atom is 0.261 e. The number of nitrogens with zero attached hydrogens (tertiary/aromatic N) is 3. The molecule has 0 aliphatic heterocycles. The van der Waals surface area contributed by atoms with E-state index in [1.165, 1.54) is 13.2 Å². The highest BCUT2D eigenvalue weighted by atomic mass is 16.5. The number of ether oxygens (including phenoxy) is 3. The highest BCUT2D eigenvalue weighted by molar-refractivity contribution is 6.06. The van der Waals surface area contributed by atoms with Crippen LogP contribution in [0.15, 0.2) is 41.2 Å². The Morgan fingerprint density at radius 3 is 2.67 bits per heavy atom. The second kappa shape index (κ2) is 9.49. The van der Waals surface area contributed by atoms with E-state index in [0.717, 1.165) is 5.56 Å². The standard InChI is InChI=1S/C22H22N6O5/c1-12-4-5-13(20-25-27-28-26-20)9-16(12)23-21(29)15-8-14-10-18(32-3)19(33-7-6-31-2)11-17(14)24-22(15)30/h4-5,8-11H,6-7H2,1-3H3,(H,23,29)(H,24,30)(H,25,26,27,28).